The average Bonchev–Trinajstić information content (AvgIpc) is 2.47. The smallest absolute Gasteiger partial charge is 0.130 e. The molecule has 0 radical (unpaired) electrons. The molecule has 0 saturated heterocycles. The van der Waals surface area contributed by atoms with Crippen LogP contribution in [0.2, 0.25) is 5.02 Å². The molecule has 0 bridgehead atoms. The molecule has 0 N–H and O–H groups in total. The molecule has 0 aliphatic carbocycles. The van der Waals surface area contributed by atoms with E-state index in [1.165, 1.54) is 0 Å². The number of ether oxygens (including phenoxy) is 1. The van der Waals surface area contributed by atoms with Crippen LogP contribution < -0.4 is 4.74 Å². The lowest BCUT2D eigenvalue weighted by atomic mass is 9.78. The van der Waals surface area contributed by atoms with Gasteiger partial charge in [-0.1, -0.05) is 35.9 Å². The number of hydrogen-bond acceptors (Lipinski definition) is 2. The third-order valence-corrected chi connectivity index (χ3v) is 3.71. The summed E-state index contributed by atoms with van der Waals surface area (Å²) in [6, 6.07) is 15.2. The van der Waals surface area contributed by atoms with Crippen LogP contribution in [0.15, 0.2) is 48.5 Å². The molecule has 2 nitrogen and oxygen atoms in total. The Bertz CT molecular complexity index is 592. The highest BCUT2D eigenvalue weighted by molar-refractivity contribution is 6.30. The van der Waals surface area contributed by atoms with Crippen LogP contribution in [0, 0.1) is 0 Å². The van der Waals surface area contributed by atoms with Gasteiger partial charge in [-0.15, -0.1) is 0 Å². The zero-order chi connectivity index (χ0) is 14.6. The minimum atomic E-state index is -0.572. The van der Waals surface area contributed by atoms with Gasteiger partial charge < -0.3 is 9.53 Å². The Balaban J connectivity index is 2.30. The predicted octanol–water partition coefficient (Wildman–Crippen LogP) is 4.05. The first kappa shape index (κ1) is 14.6. The van der Waals surface area contributed by atoms with E-state index >= 15 is 0 Å². The average molecular weight is 289 g/mol. The third-order valence-electron chi connectivity index (χ3n) is 3.47. The van der Waals surface area contributed by atoms with E-state index < -0.39 is 5.41 Å². The van der Waals surface area contributed by atoms with Crippen molar-refractivity contribution < 1.29 is 9.53 Å². The summed E-state index contributed by atoms with van der Waals surface area (Å²) in [5.41, 5.74) is 1.44. The normalized spacial score (nSPS) is 13.6. The maximum Gasteiger partial charge on any atom is 0.130 e. The summed E-state index contributed by atoms with van der Waals surface area (Å²) in [6.07, 6.45) is 1.61. The van der Waals surface area contributed by atoms with E-state index in [4.69, 9.17) is 16.3 Å². The van der Waals surface area contributed by atoms with E-state index in [0.717, 1.165) is 23.2 Å². The van der Waals surface area contributed by atoms with Crippen LogP contribution in [-0.4, -0.2) is 13.4 Å². The highest BCUT2D eigenvalue weighted by atomic mass is 35.5. The first-order valence-corrected chi connectivity index (χ1v) is 6.80. The number of benzene rings is 2. The van der Waals surface area contributed by atoms with Crippen molar-refractivity contribution in [2.24, 2.45) is 0 Å². The molecule has 2 aromatic carbocycles. The van der Waals surface area contributed by atoms with E-state index in [1.54, 1.807) is 7.11 Å². The van der Waals surface area contributed by atoms with Gasteiger partial charge in [0.05, 0.1) is 12.5 Å². The quantitative estimate of drug-likeness (QED) is 0.776. The molecule has 1 unspecified atom stereocenters. The Hall–Kier alpha value is -1.80. The lowest BCUT2D eigenvalue weighted by Crippen LogP contribution is -2.26. The molecular weight excluding hydrogens is 272 g/mol. The Morgan fingerprint density at radius 1 is 1.20 bits per heavy atom. The lowest BCUT2D eigenvalue weighted by Gasteiger charge is -2.24. The molecule has 0 aliphatic heterocycles. The van der Waals surface area contributed by atoms with Crippen LogP contribution in [-0.2, 0) is 16.6 Å². The molecule has 20 heavy (non-hydrogen) atoms. The van der Waals surface area contributed by atoms with Gasteiger partial charge in [0.2, 0.25) is 0 Å². The molecule has 104 valence electrons. The van der Waals surface area contributed by atoms with Gasteiger partial charge in [0, 0.05) is 5.02 Å². The minimum absolute atomic E-state index is 0.572. The number of methoxy groups -OCH3 is 1. The fourth-order valence-corrected chi connectivity index (χ4v) is 2.47. The van der Waals surface area contributed by atoms with Gasteiger partial charge in [-0.05, 0) is 48.7 Å². The summed E-state index contributed by atoms with van der Waals surface area (Å²) in [5, 5.41) is 0.686. The molecule has 0 saturated carbocycles. The minimum Gasteiger partial charge on any atom is -0.497 e. The topological polar surface area (TPSA) is 26.3 Å². The van der Waals surface area contributed by atoms with E-state index in [0.29, 0.717) is 11.4 Å². The van der Waals surface area contributed by atoms with Crippen molar-refractivity contribution in [1.29, 1.82) is 0 Å². The predicted molar refractivity (Wildman–Crippen MR) is 81.6 cm³/mol. The molecule has 0 spiro atoms. The number of aldehydes is 1. The lowest BCUT2D eigenvalue weighted by molar-refractivity contribution is -0.112. The summed E-state index contributed by atoms with van der Waals surface area (Å²) in [4.78, 5) is 11.6. The molecule has 0 aliphatic rings. The molecule has 0 aromatic heterocycles. The Kier molecular flexibility index (Phi) is 4.46. The molecule has 0 amide bonds. The monoisotopic (exact) mass is 288 g/mol. The van der Waals surface area contributed by atoms with E-state index in [2.05, 4.69) is 0 Å². The second kappa shape index (κ2) is 6.10. The van der Waals surface area contributed by atoms with Gasteiger partial charge in [-0.25, -0.2) is 0 Å². The van der Waals surface area contributed by atoms with Crippen molar-refractivity contribution in [2.45, 2.75) is 18.8 Å². The zero-order valence-corrected chi connectivity index (χ0v) is 12.4. The number of halogens is 1. The van der Waals surface area contributed by atoms with Gasteiger partial charge in [-0.3, -0.25) is 0 Å². The molecule has 2 rings (SSSR count). The van der Waals surface area contributed by atoms with Gasteiger partial charge in [-0.2, -0.15) is 0 Å². The van der Waals surface area contributed by atoms with Gasteiger partial charge >= 0.3 is 0 Å². The fourth-order valence-electron chi connectivity index (χ4n) is 2.25. The Morgan fingerprint density at radius 3 is 2.45 bits per heavy atom. The number of hydrogen-bond donors (Lipinski definition) is 0. The van der Waals surface area contributed by atoms with Crippen molar-refractivity contribution in [3.8, 4) is 5.75 Å². The highest BCUT2D eigenvalue weighted by Crippen LogP contribution is 2.28. The standard InChI is InChI=1S/C17H17ClO2/c1-17(12-19,11-13-4-3-5-15(18)10-13)14-6-8-16(20-2)9-7-14/h3-10,12H,11H2,1-2H3. The van der Waals surface area contributed by atoms with E-state index in [-0.39, 0.29) is 0 Å². The van der Waals surface area contributed by atoms with Crippen LogP contribution in [0.25, 0.3) is 0 Å². The van der Waals surface area contributed by atoms with Gasteiger partial charge in [0.25, 0.3) is 0 Å². The summed E-state index contributed by atoms with van der Waals surface area (Å²) < 4.78 is 5.14. The Labute approximate surface area is 124 Å². The summed E-state index contributed by atoms with van der Waals surface area (Å²) in [6.45, 7) is 1.93. The van der Waals surface area contributed by atoms with Crippen molar-refractivity contribution >= 4 is 17.9 Å². The summed E-state index contributed by atoms with van der Waals surface area (Å²) >= 11 is 6.00. The maximum atomic E-state index is 11.6. The van der Waals surface area contributed by atoms with Gasteiger partial charge in [0.15, 0.2) is 0 Å². The maximum absolute atomic E-state index is 11.6. The highest BCUT2D eigenvalue weighted by Gasteiger charge is 2.26. The van der Waals surface area contributed by atoms with Crippen LogP contribution in [0.1, 0.15) is 18.1 Å². The number of carbonyl (C=O) groups is 1. The third kappa shape index (κ3) is 3.20. The van der Waals surface area contributed by atoms with Crippen molar-refractivity contribution in [1.82, 2.24) is 0 Å². The van der Waals surface area contributed by atoms with Crippen LogP contribution >= 0.6 is 11.6 Å². The fraction of sp³-hybridized carbons (Fsp3) is 0.235. The number of rotatable bonds is 5. The largest absolute Gasteiger partial charge is 0.497 e. The zero-order valence-electron chi connectivity index (χ0n) is 11.6. The SMILES string of the molecule is COc1ccc(C(C)(C=O)Cc2cccc(Cl)c2)cc1. The Morgan fingerprint density at radius 2 is 1.90 bits per heavy atom. The van der Waals surface area contributed by atoms with Crippen molar-refractivity contribution in [2.75, 3.05) is 7.11 Å². The molecular formula is C17H17ClO2. The number of carbonyl (C=O) groups excluding carboxylic acids is 1. The first-order valence-electron chi connectivity index (χ1n) is 6.43. The molecule has 3 heteroatoms. The molecule has 0 heterocycles. The summed E-state index contributed by atoms with van der Waals surface area (Å²) in [7, 11) is 1.62. The van der Waals surface area contributed by atoms with Crippen LogP contribution in [0.3, 0.4) is 0 Å². The van der Waals surface area contributed by atoms with E-state index in [1.807, 2.05) is 55.5 Å². The molecule has 0 fully saturated rings. The van der Waals surface area contributed by atoms with Gasteiger partial charge in [0.1, 0.15) is 12.0 Å². The second-order valence-electron chi connectivity index (χ2n) is 5.07. The van der Waals surface area contributed by atoms with Crippen molar-refractivity contribution in [3.05, 3.63) is 64.7 Å². The first-order chi connectivity index (χ1) is 9.57. The summed E-state index contributed by atoms with van der Waals surface area (Å²) in [5.74, 6) is 0.782. The van der Waals surface area contributed by atoms with Crippen molar-refractivity contribution in [3.63, 3.8) is 0 Å². The second-order valence-corrected chi connectivity index (χ2v) is 5.51. The molecule has 1 atom stereocenters. The molecule has 2 aromatic rings. The van der Waals surface area contributed by atoms with E-state index in [9.17, 15) is 4.79 Å². The van der Waals surface area contributed by atoms with Crippen LogP contribution in [0.4, 0.5) is 0 Å². The van der Waals surface area contributed by atoms with Crippen LogP contribution in [0.5, 0.6) is 5.75 Å².